The molecule has 0 unspecified atom stereocenters. The van der Waals surface area contributed by atoms with Crippen molar-refractivity contribution in [3.63, 3.8) is 0 Å². The van der Waals surface area contributed by atoms with Gasteiger partial charge >= 0.3 is 0 Å². The molecule has 13 heavy (non-hydrogen) atoms. The average Bonchev–Trinajstić information content (AvgIpc) is 2.16. The molecule has 4 nitrogen and oxygen atoms in total. The van der Waals surface area contributed by atoms with E-state index >= 15 is 0 Å². The summed E-state index contributed by atoms with van der Waals surface area (Å²) in [7, 11) is 0. The molecule has 0 amide bonds. The van der Waals surface area contributed by atoms with E-state index in [1.165, 1.54) is 6.07 Å². The van der Waals surface area contributed by atoms with Gasteiger partial charge in [-0.15, -0.1) is 0 Å². The zero-order valence-corrected chi connectivity index (χ0v) is 7.27. The van der Waals surface area contributed by atoms with Crippen LogP contribution in [0, 0.1) is 0 Å². The minimum absolute atomic E-state index is 0.0875. The summed E-state index contributed by atoms with van der Waals surface area (Å²) in [6.45, 7) is 0.0992. The van der Waals surface area contributed by atoms with Gasteiger partial charge in [0, 0.05) is 18.2 Å². The van der Waals surface area contributed by atoms with Crippen LogP contribution in [0.4, 0.5) is 0 Å². The van der Waals surface area contributed by atoms with Crippen molar-refractivity contribution < 1.29 is 10.2 Å². The molecule has 0 spiro atoms. The molecule has 0 aromatic heterocycles. The fraction of sp³-hybridized carbons (Fsp3) is 0.333. The Morgan fingerprint density at radius 1 is 1.38 bits per heavy atom. The predicted octanol–water partition coefficient (Wildman–Crippen LogP) is -0.157. The van der Waals surface area contributed by atoms with Crippen LogP contribution in [0.15, 0.2) is 18.2 Å². The fourth-order valence-corrected chi connectivity index (χ4v) is 1.28. The van der Waals surface area contributed by atoms with Crippen LogP contribution in [0.1, 0.15) is 17.2 Å². The average molecular weight is 182 g/mol. The number of phenols is 1. The number of aromatic hydroxyl groups is 1. The Balaban J connectivity index is 3.14. The molecule has 0 saturated heterocycles. The van der Waals surface area contributed by atoms with Crippen LogP contribution < -0.4 is 11.5 Å². The standard InChI is InChI=1S/C9H14N2O2/c10-4-7(11)9-6(5-12)2-1-3-8(9)13/h1-3,7,12-13H,4-5,10-11H2/t7-/m0/s1. The molecule has 0 saturated carbocycles. The van der Waals surface area contributed by atoms with Gasteiger partial charge in [0.1, 0.15) is 5.75 Å². The molecule has 0 aliphatic heterocycles. The first-order valence-corrected chi connectivity index (χ1v) is 4.08. The number of aliphatic hydroxyl groups excluding tert-OH is 1. The quantitative estimate of drug-likeness (QED) is 0.522. The molecular weight excluding hydrogens is 168 g/mol. The summed E-state index contributed by atoms with van der Waals surface area (Å²) in [4.78, 5) is 0. The Kier molecular flexibility index (Phi) is 3.25. The Labute approximate surface area is 76.8 Å². The molecule has 6 N–H and O–H groups in total. The van der Waals surface area contributed by atoms with Gasteiger partial charge in [-0.25, -0.2) is 0 Å². The maximum Gasteiger partial charge on any atom is 0.120 e. The number of phenolic OH excluding ortho intramolecular Hbond substituents is 1. The van der Waals surface area contributed by atoms with Crippen molar-refractivity contribution in [2.45, 2.75) is 12.6 Å². The molecular formula is C9H14N2O2. The summed E-state index contributed by atoms with van der Waals surface area (Å²) in [5.41, 5.74) is 12.2. The molecule has 0 bridgehead atoms. The van der Waals surface area contributed by atoms with Crippen molar-refractivity contribution in [3.05, 3.63) is 29.3 Å². The lowest BCUT2D eigenvalue weighted by Gasteiger charge is -2.14. The summed E-state index contributed by atoms with van der Waals surface area (Å²) < 4.78 is 0. The van der Waals surface area contributed by atoms with Crippen LogP contribution in [0.3, 0.4) is 0 Å². The van der Waals surface area contributed by atoms with Crippen molar-refractivity contribution in [1.29, 1.82) is 0 Å². The minimum Gasteiger partial charge on any atom is -0.508 e. The van der Waals surface area contributed by atoms with Gasteiger partial charge < -0.3 is 21.7 Å². The number of hydrogen-bond acceptors (Lipinski definition) is 4. The van der Waals surface area contributed by atoms with Crippen LogP contribution in [0.5, 0.6) is 5.75 Å². The molecule has 0 fully saturated rings. The van der Waals surface area contributed by atoms with Gasteiger partial charge in [0.15, 0.2) is 0 Å². The van der Waals surface area contributed by atoms with Crippen LogP contribution in [-0.4, -0.2) is 16.8 Å². The lowest BCUT2D eigenvalue weighted by molar-refractivity contribution is 0.279. The highest BCUT2D eigenvalue weighted by Gasteiger charge is 2.13. The van der Waals surface area contributed by atoms with Crippen LogP contribution in [-0.2, 0) is 6.61 Å². The van der Waals surface area contributed by atoms with Crippen LogP contribution in [0.2, 0.25) is 0 Å². The second kappa shape index (κ2) is 4.23. The largest absolute Gasteiger partial charge is 0.508 e. The highest BCUT2D eigenvalue weighted by atomic mass is 16.3. The van der Waals surface area contributed by atoms with Crippen molar-refractivity contribution >= 4 is 0 Å². The molecule has 72 valence electrons. The van der Waals surface area contributed by atoms with Gasteiger partial charge in [-0.2, -0.15) is 0 Å². The SMILES string of the molecule is NC[C@H](N)c1c(O)cccc1CO. The molecule has 0 aliphatic rings. The van der Waals surface area contributed by atoms with Crippen LogP contribution in [0.25, 0.3) is 0 Å². The van der Waals surface area contributed by atoms with E-state index < -0.39 is 6.04 Å². The topological polar surface area (TPSA) is 92.5 Å². The van der Waals surface area contributed by atoms with Gasteiger partial charge in [-0.1, -0.05) is 12.1 Å². The molecule has 0 aliphatic carbocycles. The molecule has 1 atom stereocenters. The molecule has 1 aromatic carbocycles. The molecule has 4 heteroatoms. The number of hydrogen-bond donors (Lipinski definition) is 4. The zero-order chi connectivity index (χ0) is 9.84. The van der Waals surface area contributed by atoms with E-state index in [0.717, 1.165) is 0 Å². The lowest BCUT2D eigenvalue weighted by Crippen LogP contribution is -2.22. The predicted molar refractivity (Wildman–Crippen MR) is 50.0 cm³/mol. The molecule has 1 aromatic rings. The summed E-state index contributed by atoms with van der Waals surface area (Å²) >= 11 is 0. The Morgan fingerprint density at radius 2 is 2.08 bits per heavy atom. The summed E-state index contributed by atoms with van der Waals surface area (Å²) in [5, 5.41) is 18.5. The van der Waals surface area contributed by atoms with Gasteiger partial charge in [-0.3, -0.25) is 0 Å². The van der Waals surface area contributed by atoms with Gasteiger partial charge in [-0.05, 0) is 11.6 Å². The lowest BCUT2D eigenvalue weighted by atomic mass is 10.0. The van der Waals surface area contributed by atoms with E-state index in [9.17, 15) is 5.11 Å². The molecule has 0 radical (unpaired) electrons. The van der Waals surface area contributed by atoms with Crippen LogP contribution >= 0.6 is 0 Å². The Morgan fingerprint density at radius 3 is 2.62 bits per heavy atom. The van der Waals surface area contributed by atoms with E-state index in [4.69, 9.17) is 16.6 Å². The van der Waals surface area contributed by atoms with E-state index in [2.05, 4.69) is 0 Å². The second-order valence-electron chi connectivity index (χ2n) is 2.85. The zero-order valence-electron chi connectivity index (χ0n) is 7.27. The number of benzene rings is 1. The summed E-state index contributed by atoms with van der Waals surface area (Å²) in [6, 6.07) is 4.48. The van der Waals surface area contributed by atoms with E-state index in [1.54, 1.807) is 12.1 Å². The van der Waals surface area contributed by atoms with Crippen molar-refractivity contribution in [1.82, 2.24) is 0 Å². The van der Waals surface area contributed by atoms with Crippen molar-refractivity contribution in [2.24, 2.45) is 11.5 Å². The first-order valence-electron chi connectivity index (χ1n) is 4.08. The molecule has 1 rings (SSSR count). The van der Waals surface area contributed by atoms with Crippen molar-refractivity contribution in [3.8, 4) is 5.75 Å². The van der Waals surface area contributed by atoms with E-state index in [-0.39, 0.29) is 18.9 Å². The third kappa shape index (κ3) is 1.98. The molecule has 0 heterocycles. The second-order valence-corrected chi connectivity index (χ2v) is 2.85. The number of nitrogens with two attached hydrogens (primary N) is 2. The first kappa shape index (κ1) is 9.98. The highest BCUT2D eigenvalue weighted by Crippen LogP contribution is 2.25. The van der Waals surface area contributed by atoms with Gasteiger partial charge in [0.05, 0.1) is 6.61 Å². The minimum atomic E-state index is -0.427. The summed E-state index contributed by atoms with van der Waals surface area (Å²) in [5.74, 6) is 0.0875. The smallest absolute Gasteiger partial charge is 0.120 e. The number of rotatable bonds is 3. The third-order valence-electron chi connectivity index (χ3n) is 1.97. The highest BCUT2D eigenvalue weighted by molar-refractivity contribution is 5.41. The maximum absolute atomic E-state index is 9.48. The fourth-order valence-electron chi connectivity index (χ4n) is 1.28. The maximum atomic E-state index is 9.48. The normalized spacial score (nSPS) is 12.8. The summed E-state index contributed by atoms with van der Waals surface area (Å²) in [6.07, 6.45) is 0. The Bertz CT molecular complexity index is 289. The van der Waals surface area contributed by atoms with E-state index in [1.807, 2.05) is 0 Å². The van der Waals surface area contributed by atoms with Gasteiger partial charge in [0.2, 0.25) is 0 Å². The van der Waals surface area contributed by atoms with Crippen molar-refractivity contribution in [2.75, 3.05) is 6.54 Å². The van der Waals surface area contributed by atoms with E-state index in [0.29, 0.717) is 11.1 Å². The number of aliphatic hydroxyl groups is 1. The third-order valence-corrected chi connectivity index (χ3v) is 1.97. The first-order chi connectivity index (χ1) is 6.20. The van der Waals surface area contributed by atoms with Gasteiger partial charge in [0.25, 0.3) is 0 Å². The Hall–Kier alpha value is -1.10. The monoisotopic (exact) mass is 182 g/mol.